The van der Waals surface area contributed by atoms with Crippen molar-refractivity contribution in [3.63, 3.8) is 0 Å². The number of aromatic nitrogens is 3. The number of fused-ring (bicyclic) bond motifs is 1. The number of rotatable bonds is 7. The Morgan fingerprint density at radius 3 is 2.64 bits per heavy atom. The molecule has 0 aliphatic heterocycles. The van der Waals surface area contributed by atoms with E-state index in [9.17, 15) is 13.6 Å². The van der Waals surface area contributed by atoms with E-state index in [0.717, 1.165) is 6.07 Å². The summed E-state index contributed by atoms with van der Waals surface area (Å²) >= 11 is 0. The van der Waals surface area contributed by atoms with E-state index in [1.54, 1.807) is 37.6 Å². The Labute approximate surface area is 188 Å². The van der Waals surface area contributed by atoms with Gasteiger partial charge in [-0.15, -0.1) is 0 Å². The molecule has 4 rings (SSSR count). The molecule has 0 aliphatic rings. The second-order valence-electron chi connectivity index (χ2n) is 7.19. The van der Waals surface area contributed by atoms with Crippen molar-refractivity contribution in [1.82, 2.24) is 20.3 Å². The van der Waals surface area contributed by atoms with Crippen molar-refractivity contribution in [2.45, 2.75) is 6.42 Å². The Balaban J connectivity index is 1.89. The van der Waals surface area contributed by atoms with Gasteiger partial charge in [0.1, 0.15) is 28.7 Å². The smallest absolute Gasteiger partial charge is 0.221 e. The molecule has 4 aromatic rings. The van der Waals surface area contributed by atoms with Crippen molar-refractivity contribution in [2.24, 2.45) is 0 Å². The van der Waals surface area contributed by atoms with Crippen LogP contribution in [0.3, 0.4) is 0 Å². The van der Waals surface area contributed by atoms with Crippen LogP contribution in [0.15, 0.2) is 54.9 Å². The highest BCUT2D eigenvalue weighted by molar-refractivity contribution is 5.98. The zero-order chi connectivity index (χ0) is 23.4. The topological polar surface area (TPSA) is 89.0 Å². The maximum atomic E-state index is 14.5. The molecule has 0 radical (unpaired) electrons. The Morgan fingerprint density at radius 2 is 1.94 bits per heavy atom. The van der Waals surface area contributed by atoms with Gasteiger partial charge in [-0.3, -0.25) is 9.78 Å². The SMILES string of the molecule is CNC(=O)CCNc1nc(-c2cccnc2)nc2c(OC)cc(-c3ccc(F)cc3F)cc12. The van der Waals surface area contributed by atoms with Gasteiger partial charge in [-0.05, 0) is 42.0 Å². The molecule has 9 heteroatoms. The Kier molecular flexibility index (Phi) is 6.39. The van der Waals surface area contributed by atoms with Crippen LogP contribution in [0, 0.1) is 11.6 Å². The molecule has 0 unspecified atom stereocenters. The molecular formula is C24H21F2N5O2. The van der Waals surface area contributed by atoms with E-state index in [2.05, 4.69) is 25.6 Å². The van der Waals surface area contributed by atoms with Gasteiger partial charge >= 0.3 is 0 Å². The van der Waals surface area contributed by atoms with Crippen LogP contribution < -0.4 is 15.4 Å². The van der Waals surface area contributed by atoms with Crippen molar-refractivity contribution < 1.29 is 18.3 Å². The molecule has 0 spiro atoms. The monoisotopic (exact) mass is 449 g/mol. The zero-order valence-corrected chi connectivity index (χ0v) is 18.0. The molecule has 2 aromatic heterocycles. The lowest BCUT2D eigenvalue weighted by molar-refractivity contribution is -0.120. The van der Waals surface area contributed by atoms with E-state index in [-0.39, 0.29) is 17.9 Å². The maximum Gasteiger partial charge on any atom is 0.221 e. The summed E-state index contributed by atoms with van der Waals surface area (Å²) < 4.78 is 33.5. The number of ether oxygens (including phenoxy) is 1. The minimum absolute atomic E-state index is 0.125. The quantitative estimate of drug-likeness (QED) is 0.440. The molecule has 0 saturated heterocycles. The fourth-order valence-electron chi connectivity index (χ4n) is 3.41. The highest BCUT2D eigenvalue weighted by atomic mass is 19.1. The third-order valence-electron chi connectivity index (χ3n) is 5.07. The number of benzene rings is 2. The number of hydrogen-bond donors (Lipinski definition) is 2. The van der Waals surface area contributed by atoms with Gasteiger partial charge in [0.2, 0.25) is 5.91 Å². The van der Waals surface area contributed by atoms with Crippen LogP contribution in [0.25, 0.3) is 33.4 Å². The number of carbonyl (C=O) groups is 1. The van der Waals surface area contributed by atoms with E-state index in [0.29, 0.717) is 46.0 Å². The van der Waals surface area contributed by atoms with Crippen molar-refractivity contribution in [1.29, 1.82) is 0 Å². The standard InChI is InChI=1S/C24H21F2N5O2/c1-27-21(32)7-9-29-24-18-10-15(17-6-5-16(25)12-19(17)26)11-20(33-2)22(18)30-23(31-24)14-4-3-8-28-13-14/h3-6,8,10-13H,7,9H2,1-2H3,(H,27,32)(H,29,30,31). The zero-order valence-electron chi connectivity index (χ0n) is 18.0. The number of nitrogens with zero attached hydrogens (tertiary/aromatic N) is 3. The van der Waals surface area contributed by atoms with E-state index < -0.39 is 11.6 Å². The summed E-state index contributed by atoms with van der Waals surface area (Å²) in [5, 5.41) is 6.32. The minimum atomic E-state index is -0.696. The average Bonchev–Trinajstić information content (AvgIpc) is 2.83. The van der Waals surface area contributed by atoms with Crippen LogP contribution in [0.4, 0.5) is 14.6 Å². The fourth-order valence-corrected chi connectivity index (χ4v) is 3.41. The summed E-state index contributed by atoms with van der Waals surface area (Å²) in [5.74, 6) is -0.223. The van der Waals surface area contributed by atoms with Crippen molar-refractivity contribution in [2.75, 3.05) is 26.0 Å². The van der Waals surface area contributed by atoms with E-state index in [1.165, 1.54) is 19.2 Å². The van der Waals surface area contributed by atoms with Gasteiger partial charge in [0, 0.05) is 55.0 Å². The Morgan fingerprint density at radius 1 is 1.09 bits per heavy atom. The van der Waals surface area contributed by atoms with Crippen LogP contribution in [0.5, 0.6) is 5.75 Å². The van der Waals surface area contributed by atoms with Gasteiger partial charge in [0.05, 0.1) is 7.11 Å². The average molecular weight is 449 g/mol. The first-order valence-corrected chi connectivity index (χ1v) is 10.2. The Hall–Kier alpha value is -4.14. The van der Waals surface area contributed by atoms with Gasteiger partial charge in [0.25, 0.3) is 0 Å². The summed E-state index contributed by atoms with van der Waals surface area (Å²) in [4.78, 5) is 25.1. The van der Waals surface area contributed by atoms with Gasteiger partial charge < -0.3 is 15.4 Å². The molecule has 2 N–H and O–H groups in total. The fraction of sp³-hybridized carbons (Fsp3) is 0.167. The highest BCUT2D eigenvalue weighted by Gasteiger charge is 2.17. The molecule has 0 saturated carbocycles. The van der Waals surface area contributed by atoms with Gasteiger partial charge in [-0.25, -0.2) is 18.7 Å². The maximum absolute atomic E-state index is 14.5. The normalized spacial score (nSPS) is 10.8. The second kappa shape index (κ2) is 9.56. The van der Waals surface area contributed by atoms with Crippen LogP contribution in [0.1, 0.15) is 6.42 Å². The van der Waals surface area contributed by atoms with Crippen LogP contribution >= 0.6 is 0 Å². The lowest BCUT2D eigenvalue weighted by atomic mass is 10.0. The van der Waals surface area contributed by atoms with Crippen molar-refractivity contribution in [3.05, 3.63) is 66.5 Å². The summed E-state index contributed by atoms with van der Waals surface area (Å²) in [5.41, 5.74) is 1.89. The third-order valence-corrected chi connectivity index (χ3v) is 5.07. The molecule has 2 heterocycles. The molecule has 0 aliphatic carbocycles. The summed E-state index contributed by atoms with van der Waals surface area (Å²) in [6, 6.07) is 10.4. The molecule has 33 heavy (non-hydrogen) atoms. The molecule has 0 bridgehead atoms. The highest BCUT2D eigenvalue weighted by Crippen LogP contribution is 2.36. The number of anilines is 1. The Bertz CT molecular complexity index is 1320. The predicted octanol–water partition coefficient (Wildman–Crippen LogP) is 4.19. The van der Waals surface area contributed by atoms with Crippen molar-refractivity contribution >= 4 is 22.6 Å². The third kappa shape index (κ3) is 4.72. The number of pyridine rings is 1. The predicted molar refractivity (Wildman–Crippen MR) is 122 cm³/mol. The van der Waals surface area contributed by atoms with E-state index >= 15 is 0 Å². The number of nitrogens with one attached hydrogen (secondary N) is 2. The molecule has 7 nitrogen and oxygen atoms in total. The number of halogens is 2. The van der Waals surface area contributed by atoms with Crippen LogP contribution in [-0.4, -0.2) is 41.6 Å². The first-order valence-electron chi connectivity index (χ1n) is 10.2. The molecule has 0 fully saturated rings. The first kappa shape index (κ1) is 22.1. The molecule has 1 amide bonds. The number of methoxy groups -OCH3 is 1. The second-order valence-corrected chi connectivity index (χ2v) is 7.19. The largest absolute Gasteiger partial charge is 0.494 e. The summed E-state index contributed by atoms with van der Waals surface area (Å²) in [7, 11) is 3.06. The lowest BCUT2D eigenvalue weighted by Gasteiger charge is -2.15. The molecule has 2 aromatic carbocycles. The number of amides is 1. The number of carbonyl (C=O) groups excluding carboxylic acids is 1. The molecule has 168 valence electrons. The summed E-state index contributed by atoms with van der Waals surface area (Å²) in [6.45, 7) is 0.315. The van der Waals surface area contributed by atoms with Crippen LogP contribution in [-0.2, 0) is 4.79 Å². The van der Waals surface area contributed by atoms with Gasteiger partial charge in [-0.1, -0.05) is 0 Å². The van der Waals surface area contributed by atoms with Gasteiger partial charge in [-0.2, -0.15) is 0 Å². The molecule has 0 atom stereocenters. The van der Waals surface area contributed by atoms with Crippen LogP contribution in [0.2, 0.25) is 0 Å². The van der Waals surface area contributed by atoms with Crippen molar-refractivity contribution in [3.8, 4) is 28.3 Å². The van der Waals surface area contributed by atoms with Gasteiger partial charge in [0.15, 0.2) is 5.82 Å². The molecular weight excluding hydrogens is 428 g/mol. The van der Waals surface area contributed by atoms with E-state index in [4.69, 9.17) is 4.74 Å². The first-order chi connectivity index (χ1) is 16.0. The minimum Gasteiger partial charge on any atom is -0.494 e. The lowest BCUT2D eigenvalue weighted by Crippen LogP contribution is -2.21. The number of hydrogen-bond acceptors (Lipinski definition) is 6. The van der Waals surface area contributed by atoms with E-state index in [1.807, 2.05) is 6.07 Å². The summed E-state index contributed by atoms with van der Waals surface area (Å²) in [6.07, 6.45) is 3.52.